The number of aromatic amines is 1. The van der Waals surface area contributed by atoms with Gasteiger partial charge in [0.25, 0.3) is 0 Å². The molecular formula is C40H17N. The van der Waals surface area contributed by atoms with Gasteiger partial charge in [-0.25, -0.2) is 0 Å². The summed E-state index contributed by atoms with van der Waals surface area (Å²) in [6.45, 7) is 0. The summed E-state index contributed by atoms with van der Waals surface area (Å²) in [6, 6.07) is 37.3. The standard InChI is InChI=1S/C40H17N/c1-5-19-9-13-23-33-29(19)27-17(1)3-7-21-11-15-25(35(33)31(21)27)39-37(23)38-24-14-10-20-6-2-18-4-8-22-12-16-26(40(38)41-39)36-32(22)28(18)30(20)34(24)36/h1-16,41H. The van der Waals surface area contributed by atoms with E-state index in [4.69, 9.17) is 0 Å². The summed E-state index contributed by atoms with van der Waals surface area (Å²) in [5.41, 5.74) is 2.55. The first-order valence-electron chi connectivity index (χ1n) is 14.5. The van der Waals surface area contributed by atoms with Crippen molar-refractivity contribution in [3.8, 4) is 0 Å². The van der Waals surface area contributed by atoms with Crippen LogP contribution in [0.5, 0.6) is 0 Å². The number of rotatable bonds is 0. The molecule has 0 saturated carbocycles. The Hall–Kier alpha value is -5.40. The second kappa shape index (κ2) is 5.59. The lowest BCUT2D eigenvalue weighted by molar-refractivity contribution is 1.59. The Kier molecular flexibility index (Phi) is 2.56. The summed E-state index contributed by atoms with van der Waals surface area (Å²) in [6.07, 6.45) is 0. The van der Waals surface area contributed by atoms with Gasteiger partial charge >= 0.3 is 0 Å². The van der Waals surface area contributed by atoms with Gasteiger partial charge in [0.1, 0.15) is 0 Å². The number of nitrogens with one attached hydrogen (secondary N) is 1. The average Bonchev–Trinajstić information content (AvgIpc) is 3.71. The van der Waals surface area contributed by atoms with Crippen molar-refractivity contribution in [3.63, 3.8) is 0 Å². The minimum atomic E-state index is 1.27. The zero-order valence-electron chi connectivity index (χ0n) is 21.7. The molecule has 1 nitrogen and oxygen atoms in total. The molecule has 0 radical (unpaired) electrons. The van der Waals surface area contributed by atoms with Crippen molar-refractivity contribution in [2.45, 2.75) is 0 Å². The number of fused-ring (bicyclic) bond motifs is 7. The number of aromatic nitrogens is 1. The van der Waals surface area contributed by atoms with Crippen LogP contribution >= 0.6 is 0 Å². The molecule has 0 unspecified atom stereocenters. The summed E-state index contributed by atoms with van der Waals surface area (Å²) < 4.78 is 0. The highest BCUT2D eigenvalue weighted by Crippen LogP contribution is 2.55. The lowest BCUT2D eigenvalue weighted by Gasteiger charge is -2.10. The van der Waals surface area contributed by atoms with E-state index in [9.17, 15) is 0 Å². The Balaban J connectivity index is 1.43. The molecule has 13 aromatic rings. The second-order valence-corrected chi connectivity index (χ2v) is 12.4. The summed E-state index contributed by atoms with van der Waals surface area (Å²) in [7, 11) is 0. The monoisotopic (exact) mass is 511 g/mol. The molecule has 1 heterocycles. The van der Waals surface area contributed by atoms with Crippen LogP contribution in [0.15, 0.2) is 97.1 Å². The summed E-state index contributed by atoms with van der Waals surface area (Å²) in [4.78, 5) is 4.07. The maximum atomic E-state index is 4.07. The van der Waals surface area contributed by atoms with E-state index in [-0.39, 0.29) is 0 Å². The lowest BCUT2D eigenvalue weighted by Crippen LogP contribution is -1.82. The van der Waals surface area contributed by atoms with E-state index in [1.165, 1.54) is 130 Å². The highest BCUT2D eigenvalue weighted by Gasteiger charge is 2.27. The minimum Gasteiger partial charge on any atom is -0.353 e. The van der Waals surface area contributed by atoms with Crippen LogP contribution in [0.3, 0.4) is 0 Å². The number of benzene rings is 10. The van der Waals surface area contributed by atoms with Crippen molar-refractivity contribution < 1.29 is 0 Å². The van der Waals surface area contributed by atoms with Crippen molar-refractivity contribution in [2.24, 2.45) is 0 Å². The molecule has 12 aromatic carbocycles. The van der Waals surface area contributed by atoms with Crippen LogP contribution in [0.2, 0.25) is 0 Å². The molecule has 0 aliphatic carbocycles. The number of hydrogen-bond acceptors (Lipinski definition) is 0. The fourth-order valence-electron chi connectivity index (χ4n) is 9.41. The van der Waals surface area contributed by atoms with Crippen molar-refractivity contribution in [1.82, 2.24) is 4.98 Å². The largest absolute Gasteiger partial charge is 0.353 e. The van der Waals surface area contributed by atoms with Gasteiger partial charge in [-0.15, -0.1) is 0 Å². The molecule has 0 fully saturated rings. The fourth-order valence-corrected chi connectivity index (χ4v) is 9.41. The van der Waals surface area contributed by atoms with E-state index >= 15 is 0 Å². The van der Waals surface area contributed by atoms with Crippen LogP contribution in [0.4, 0.5) is 0 Å². The maximum absolute atomic E-state index is 4.07. The molecule has 1 aromatic heterocycles. The van der Waals surface area contributed by atoms with Crippen LogP contribution in [-0.4, -0.2) is 4.98 Å². The SMILES string of the molecule is c1cc2ccc3c4[nH]c5c6ccc7ccc8ccc9ccc(c5c4c4ccc5ccc1c1c2c3c4c51)c1c9c8c7c61. The lowest BCUT2D eigenvalue weighted by atomic mass is 9.91. The first-order chi connectivity index (χ1) is 20.3. The van der Waals surface area contributed by atoms with Gasteiger partial charge in [-0.3, -0.25) is 0 Å². The van der Waals surface area contributed by atoms with Crippen molar-refractivity contribution in [3.05, 3.63) is 97.1 Å². The number of H-pyrrole nitrogens is 1. The van der Waals surface area contributed by atoms with Gasteiger partial charge in [0.15, 0.2) is 0 Å². The quantitative estimate of drug-likeness (QED) is 0.195. The second-order valence-electron chi connectivity index (χ2n) is 12.4. The van der Waals surface area contributed by atoms with Crippen molar-refractivity contribution in [2.75, 3.05) is 0 Å². The zero-order valence-corrected chi connectivity index (χ0v) is 21.7. The van der Waals surface area contributed by atoms with E-state index in [0.29, 0.717) is 0 Å². The van der Waals surface area contributed by atoms with Gasteiger partial charge < -0.3 is 4.98 Å². The van der Waals surface area contributed by atoms with Gasteiger partial charge in [-0.05, 0) is 86.2 Å². The minimum absolute atomic E-state index is 1.27. The summed E-state index contributed by atoms with van der Waals surface area (Å²) in [5, 5.41) is 30.5. The molecular weight excluding hydrogens is 494 g/mol. The molecule has 1 heteroatoms. The zero-order chi connectivity index (χ0) is 25.9. The third-order valence-corrected chi connectivity index (χ3v) is 10.9. The predicted molar refractivity (Wildman–Crippen MR) is 178 cm³/mol. The Morgan fingerprint density at radius 1 is 0.220 bits per heavy atom. The molecule has 0 atom stereocenters. The highest BCUT2D eigenvalue weighted by atomic mass is 14.7. The van der Waals surface area contributed by atoms with E-state index in [1.54, 1.807) is 0 Å². The van der Waals surface area contributed by atoms with Gasteiger partial charge in [-0.2, -0.15) is 0 Å². The van der Waals surface area contributed by atoms with Crippen molar-refractivity contribution in [1.29, 1.82) is 0 Å². The van der Waals surface area contributed by atoms with Gasteiger partial charge in [0, 0.05) is 32.3 Å². The average molecular weight is 512 g/mol. The third-order valence-electron chi connectivity index (χ3n) is 10.9. The Morgan fingerprint density at radius 2 is 0.463 bits per heavy atom. The molecule has 0 aliphatic heterocycles. The molecule has 0 saturated heterocycles. The van der Waals surface area contributed by atoms with E-state index in [0.717, 1.165) is 0 Å². The van der Waals surface area contributed by atoms with Crippen molar-refractivity contribution >= 4 is 130 Å². The molecule has 13 rings (SSSR count). The van der Waals surface area contributed by atoms with E-state index < -0.39 is 0 Å². The van der Waals surface area contributed by atoms with E-state index in [2.05, 4.69) is 102 Å². The van der Waals surface area contributed by atoms with Crippen LogP contribution in [0.25, 0.3) is 130 Å². The maximum Gasteiger partial charge on any atom is 0.0551 e. The molecule has 0 bridgehead atoms. The van der Waals surface area contributed by atoms with Gasteiger partial charge in [-0.1, -0.05) is 97.1 Å². The molecule has 0 aliphatic rings. The smallest absolute Gasteiger partial charge is 0.0551 e. The van der Waals surface area contributed by atoms with Crippen LogP contribution in [-0.2, 0) is 0 Å². The molecule has 1 N–H and O–H groups in total. The van der Waals surface area contributed by atoms with Gasteiger partial charge in [0.05, 0.1) is 11.0 Å². The Bertz CT molecular complexity index is 3000. The van der Waals surface area contributed by atoms with Crippen LogP contribution < -0.4 is 0 Å². The molecule has 0 amide bonds. The van der Waals surface area contributed by atoms with Gasteiger partial charge in [0.2, 0.25) is 0 Å². The fraction of sp³-hybridized carbons (Fsp3) is 0. The van der Waals surface area contributed by atoms with E-state index in [1.807, 2.05) is 0 Å². The first-order valence-corrected chi connectivity index (χ1v) is 14.5. The Labute approximate surface area is 231 Å². The van der Waals surface area contributed by atoms with Crippen LogP contribution in [0, 0.1) is 0 Å². The molecule has 182 valence electrons. The Morgan fingerprint density at radius 3 is 0.805 bits per heavy atom. The number of hydrogen-bond donors (Lipinski definition) is 1. The third kappa shape index (κ3) is 1.71. The summed E-state index contributed by atoms with van der Waals surface area (Å²) >= 11 is 0. The highest BCUT2D eigenvalue weighted by molar-refractivity contribution is 6.53. The topological polar surface area (TPSA) is 15.8 Å². The normalized spacial score (nSPS) is 13.9. The summed E-state index contributed by atoms with van der Waals surface area (Å²) in [5.74, 6) is 0. The predicted octanol–water partition coefficient (Wildman–Crippen LogP) is 11.5. The molecule has 0 spiro atoms. The first kappa shape index (κ1) is 18.8. The molecule has 41 heavy (non-hydrogen) atoms. The van der Waals surface area contributed by atoms with Crippen LogP contribution in [0.1, 0.15) is 0 Å².